The smallest absolute Gasteiger partial charge is 0.352 e. The van der Waals surface area contributed by atoms with Gasteiger partial charge in [0, 0.05) is 17.9 Å². The summed E-state index contributed by atoms with van der Waals surface area (Å²) in [6.45, 7) is 1.99. The first kappa shape index (κ1) is 34.4. The molecule has 0 aliphatic carbocycles. The van der Waals surface area contributed by atoms with Gasteiger partial charge in [0.25, 0.3) is 17.7 Å². The molecule has 0 spiro atoms. The summed E-state index contributed by atoms with van der Waals surface area (Å²) in [5.41, 5.74) is 0.591. The van der Waals surface area contributed by atoms with E-state index in [0.29, 0.717) is 24.9 Å². The zero-order chi connectivity index (χ0) is 33.8. The molecule has 47 heavy (non-hydrogen) atoms. The fourth-order valence-electron chi connectivity index (χ4n) is 5.14. The number of aliphatic carboxylic acids is 2. The number of esters is 1. The van der Waals surface area contributed by atoms with Crippen molar-refractivity contribution in [3.05, 3.63) is 46.7 Å². The van der Waals surface area contributed by atoms with Gasteiger partial charge in [-0.1, -0.05) is 47.0 Å². The summed E-state index contributed by atoms with van der Waals surface area (Å²) in [5.74, 6) is -4.98. The average molecular weight is 722 g/mol. The maximum Gasteiger partial charge on any atom is 0.352 e. The van der Waals surface area contributed by atoms with Gasteiger partial charge < -0.3 is 20.3 Å². The SMILES string of the molecule is CCOC(=O)CSc1nnc(SCC2=C(C(=O)O)N3C(=O)[C@@H](NC(=O)CCC[C@H](C(=O)O)N4C(=O)c5ccccc5C4=O)[C@H]3SC2)s1. The Morgan fingerprint density at radius 2 is 1.72 bits per heavy atom. The van der Waals surface area contributed by atoms with Crippen molar-refractivity contribution in [1.29, 1.82) is 0 Å². The quantitative estimate of drug-likeness (QED) is 0.104. The van der Waals surface area contributed by atoms with Crippen LogP contribution in [0, 0.1) is 0 Å². The lowest BCUT2D eigenvalue weighted by molar-refractivity contribution is -0.150. The molecule has 0 bridgehead atoms. The van der Waals surface area contributed by atoms with Crippen LogP contribution in [0.3, 0.4) is 0 Å². The molecule has 1 saturated heterocycles. The summed E-state index contributed by atoms with van der Waals surface area (Å²) in [6, 6.07) is 3.60. The van der Waals surface area contributed by atoms with Crippen molar-refractivity contribution >= 4 is 88.2 Å². The number of ether oxygens (including phenoxy) is 1. The number of hydrogen-bond acceptors (Lipinski definition) is 14. The summed E-state index contributed by atoms with van der Waals surface area (Å²) in [4.78, 5) is 88.9. The molecule has 3 N–H and O–H groups in total. The molecule has 3 aliphatic rings. The van der Waals surface area contributed by atoms with Crippen molar-refractivity contribution in [2.75, 3.05) is 23.9 Å². The molecule has 4 amide bonds. The number of amides is 4. The van der Waals surface area contributed by atoms with Crippen LogP contribution in [0.2, 0.25) is 0 Å². The number of carboxylic acid groups (broad SMARTS) is 2. The molecule has 5 rings (SSSR count). The Morgan fingerprint density at radius 3 is 2.34 bits per heavy atom. The summed E-state index contributed by atoms with van der Waals surface area (Å²) < 4.78 is 6.01. The first-order chi connectivity index (χ1) is 22.5. The summed E-state index contributed by atoms with van der Waals surface area (Å²) in [5, 5.41) is 29.8. The normalized spacial score (nSPS) is 19.2. The second kappa shape index (κ2) is 14.9. The topological polar surface area (TPSA) is 213 Å². The second-order valence-corrected chi connectivity index (χ2v) is 14.7. The van der Waals surface area contributed by atoms with E-state index in [4.69, 9.17) is 4.74 Å². The second-order valence-electron chi connectivity index (χ2n) is 10.2. The minimum absolute atomic E-state index is 0.00888. The maximum absolute atomic E-state index is 13.0. The van der Waals surface area contributed by atoms with Gasteiger partial charge in [-0.05, 0) is 37.5 Å². The molecule has 1 fully saturated rings. The van der Waals surface area contributed by atoms with Crippen LogP contribution in [0.1, 0.15) is 46.9 Å². The molecule has 0 radical (unpaired) electrons. The minimum Gasteiger partial charge on any atom is -0.480 e. The van der Waals surface area contributed by atoms with Crippen LogP contribution < -0.4 is 5.32 Å². The maximum atomic E-state index is 13.0. The Hall–Kier alpha value is -3.94. The molecule has 1 aromatic heterocycles. The van der Waals surface area contributed by atoms with Gasteiger partial charge in [0.05, 0.1) is 23.5 Å². The van der Waals surface area contributed by atoms with Crippen molar-refractivity contribution in [1.82, 2.24) is 25.3 Å². The van der Waals surface area contributed by atoms with Crippen LogP contribution in [0.5, 0.6) is 0 Å². The Balaban J connectivity index is 1.13. The number of hydrogen-bond donors (Lipinski definition) is 3. The number of benzene rings is 1. The Kier molecular flexibility index (Phi) is 10.9. The highest BCUT2D eigenvalue weighted by molar-refractivity contribution is 8.03. The number of carbonyl (C=O) groups is 7. The van der Waals surface area contributed by atoms with Crippen molar-refractivity contribution in [3.63, 3.8) is 0 Å². The monoisotopic (exact) mass is 721 g/mol. The van der Waals surface area contributed by atoms with Crippen molar-refractivity contribution in [2.24, 2.45) is 0 Å². The fourth-order valence-corrected chi connectivity index (χ4v) is 9.44. The Bertz CT molecular complexity index is 1640. The third-order valence-corrected chi connectivity index (χ3v) is 11.8. The number of aromatic nitrogens is 2. The van der Waals surface area contributed by atoms with Crippen molar-refractivity contribution in [3.8, 4) is 0 Å². The molecule has 19 heteroatoms. The third-order valence-electron chi connectivity index (χ3n) is 7.25. The standard InChI is InChI=1S/C28H27N5O10S4/c1-2-43-18(35)12-46-28-31-30-27(47-28)45-11-13-10-44-24-19(23(38)33(24)20(13)26(41)42)29-17(34)9-5-8-16(25(39)40)32-21(36)14-6-3-4-7-15(14)22(32)37/h3-4,6-7,16,19,24H,2,5,8-12H2,1H3,(H,29,34)(H,39,40)(H,41,42)/t16-,19-,24-/m1/s1. The molecule has 2 aromatic rings. The van der Waals surface area contributed by atoms with E-state index in [0.717, 1.165) is 4.90 Å². The number of β-lactam (4-membered cyclic amide) rings is 1. The van der Waals surface area contributed by atoms with E-state index in [1.807, 2.05) is 0 Å². The molecule has 15 nitrogen and oxygen atoms in total. The molecule has 1 aromatic carbocycles. The molecule has 4 heterocycles. The Labute approximate surface area is 283 Å². The lowest BCUT2D eigenvalue weighted by atomic mass is 10.0. The van der Waals surface area contributed by atoms with Crippen LogP contribution in [0.25, 0.3) is 0 Å². The predicted octanol–water partition coefficient (Wildman–Crippen LogP) is 1.94. The van der Waals surface area contributed by atoms with E-state index in [1.54, 1.807) is 19.1 Å². The predicted molar refractivity (Wildman–Crippen MR) is 170 cm³/mol. The lowest BCUT2D eigenvalue weighted by Gasteiger charge is -2.49. The Morgan fingerprint density at radius 1 is 1.06 bits per heavy atom. The van der Waals surface area contributed by atoms with E-state index in [-0.39, 0.29) is 60.2 Å². The number of carbonyl (C=O) groups excluding carboxylic acids is 5. The van der Waals surface area contributed by atoms with E-state index < -0.39 is 53.0 Å². The van der Waals surface area contributed by atoms with Crippen LogP contribution >= 0.6 is 46.6 Å². The number of rotatable bonds is 15. The zero-order valence-corrected chi connectivity index (χ0v) is 27.8. The zero-order valence-electron chi connectivity index (χ0n) is 24.6. The van der Waals surface area contributed by atoms with E-state index >= 15 is 0 Å². The average Bonchev–Trinajstić information content (AvgIpc) is 3.61. The van der Waals surface area contributed by atoms with E-state index in [9.17, 15) is 43.8 Å². The molecular weight excluding hydrogens is 695 g/mol. The number of fused-ring (bicyclic) bond motifs is 2. The highest BCUT2D eigenvalue weighted by Gasteiger charge is 2.54. The molecule has 248 valence electrons. The van der Waals surface area contributed by atoms with Gasteiger partial charge in [-0.25, -0.2) is 9.59 Å². The van der Waals surface area contributed by atoms with Crippen LogP contribution in [-0.4, -0.2) is 113 Å². The van der Waals surface area contributed by atoms with Gasteiger partial charge >= 0.3 is 17.9 Å². The lowest BCUT2D eigenvalue weighted by Crippen LogP contribution is -2.70. The van der Waals surface area contributed by atoms with Crippen LogP contribution in [-0.2, 0) is 28.7 Å². The largest absolute Gasteiger partial charge is 0.480 e. The molecular formula is C28H27N5O10S4. The molecule has 3 aliphatic heterocycles. The van der Waals surface area contributed by atoms with Gasteiger partial charge in [-0.2, -0.15) is 0 Å². The first-order valence-corrected chi connectivity index (χ1v) is 18.0. The fraction of sp³-hybridized carbons (Fsp3) is 0.393. The highest BCUT2D eigenvalue weighted by atomic mass is 32.2. The number of imide groups is 1. The van der Waals surface area contributed by atoms with E-state index in [1.165, 1.54) is 58.8 Å². The van der Waals surface area contributed by atoms with Gasteiger partial charge in [0.2, 0.25) is 5.91 Å². The van der Waals surface area contributed by atoms with Gasteiger partial charge in [-0.3, -0.25) is 33.8 Å². The summed E-state index contributed by atoms with van der Waals surface area (Å²) in [7, 11) is 0. The number of carboxylic acids is 2. The summed E-state index contributed by atoms with van der Waals surface area (Å²) in [6.07, 6.45) is -0.348. The first-order valence-electron chi connectivity index (χ1n) is 14.2. The molecule has 0 saturated carbocycles. The number of thioether (sulfide) groups is 3. The minimum atomic E-state index is -1.47. The van der Waals surface area contributed by atoms with Gasteiger partial charge in [0.15, 0.2) is 8.68 Å². The van der Waals surface area contributed by atoms with Crippen molar-refractivity contribution < 1.29 is 48.5 Å². The molecule has 3 atom stereocenters. The van der Waals surface area contributed by atoms with Crippen LogP contribution in [0.4, 0.5) is 0 Å². The van der Waals surface area contributed by atoms with Crippen molar-refractivity contribution in [2.45, 2.75) is 52.3 Å². The van der Waals surface area contributed by atoms with E-state index in [2.05, 4.69) is 15.5 Å². The van der Waals surface area contributed by atoms with Gasteiger partial charge in [0.1, 0.15) is 23.2 Å². The number of nitrogens with one attached hydrogen (secondary N) is 1. The number of nitrogens with zero attached hydrogens (tertiary/aromatic N) is 4. The van der Waals surface area contributed by atoms with Crippen LogP contribution in [0.15, 0.2) is 44.2 Å². The summed E-state index contributed by atoms with van der Waals surface area (Å²) >= 11 is 5.00. The van der Waals surface area contributed by atoms with Gasteiger partial charge in [-0.15, -0.1) is 22.0 Å². The molecule has 0 unspecified atom stereocenters. The third kappa shape index (κ3) is 7.31. The highest BCUT2D eigenvalue weighted by Crippen LogP contribution is 2.42.